The average Bonchev–Trinajstić information content (AvgIpc) is 2.47. The van der Waals surface area contributed by atoms with Crippen molar-refractivity contribution in [3.8, 4) is 0 Å². The van der Waals surface area contributed by atoms with Gasteiger partial charge in [-0.3, -0.25) is 4.79 Å². The predicted octanol–water partition coefficient (Wildman–Crippen LogP) is 3.01. The molecule has 7 heteroatoms. The summed E-state index contributed by atoms with van der Waals surface area (Å²) in [4.78, 5) is 11.2. The second-order valence-electron chi connectivity index (χ2n) is 7.03. The normalized spacial score (nSPS) is 37.1. The summed E-state index contributed by atoms with van der Waals surface area (Å²) < 4.78 is 48.7. The SMILES string of the molecule is O=C(N[C@H]1CC2CC(C2)[C@@H]1CCOC1CCCCO1)C(F)(F)F. The Kier molecular flexibility index (Phi) is 5.16. The third kappa shape index (κ3) is 4.18. The molecule has 0 spiro atoms. The van der Waals surface area contributed by atoms with E-state index in [9.17, 15) is 18.0 Å². The quantitative estimate of drug-likeness (QED) is 0.840. The van der Waals surface area contributed by atoms with Crippen molar-refractivity contribution in [2.45, 2.75) is 63.5 Å². The minimum Gasteiger partial charge on any atom is -0.353 e. The summed E-state index contributed by atoms with van der Waals surface area (Å²) in [6.07, 6.45) is 1.52. The number of fused-ring (bicyclic) bond motifs is 2. The van der Waals surface area contributed by atoms with Crippen LogP contribution in [0, 0.1) is 17.8 Å². The van der Waals surface area contributed by atoms with E-state index in [1.807, 2.05) is 0 Å². The summed E-state index contributed by atoms with van der Waals surface area (Å²) in [5.41, 5.74) is 0. The first-order chi connectivity index (χ1) is 10.9. The van der Waals surface area contributed by atoms with E-state index in [2.05, 4.69) is 5.32 Å². The van der Waals surface area contributed by atoms with E-state index in [1.54, 1.807) is 0 Å². The highest BCUT2D eigenvalue weighted by Crippen LogP contribution is 2.50. The molecule has 4 aliphatic rings. The molecule has 2 bridgehead atoms. The largest absolute Gasteiger partial charge is 0.471 e. The number of hydrogen-bond acceptors (Lipinski definition) is 3. The molecular weight excluding hydrogens is 311 g/mol. The summed E-state index contributed by atoms with van der Waals surface area (Å²) in [6.45, 7) is 1.19. The van der Waals surface area contributed by atoms with E-state index in [0.717, 1.165) is 32.1 Å². The van der Waals surface area contributed by atoms with Gasteiger partial charge in [0.1, 0.15) is 0 Å². The third-order valence-electron chi connectivity index (χ3n) is 5.45. The van der Waals surface area contributed by atoms with E-state index >= 15 is 0 Å². The average molecular weight is 335 g/mol. The lowest BCUT2D eigenvalue weighted by Gasteiger charge is -2.51. The van der Waals surface area contributed by atoms with Crippen LogP contribution in [0.5, 0.6) is 0 Å². The molecule has 3 saturated carbocycles. The van der Waals surface area contributed by atoms with Crippen LogP contribution in [-0.4, -0.2) is 37.6 Å². The fourth-order valence-corrected chi connectivity index (χ4v) is 4.22. The van der Waals surface area contributed by atoms with Gasteiger partial charge < -0.3 is 14.8 Å². The van der Waals surface area contributed by atoms with E-state index in [0.29, 0.717) is 37.9 Å². The van der Waals surface area contributed by atoms with Crippen molar-refractivity contribution in [3.63, 3.8) is 0 Å². The summed E-state index contributed by atoms with van der Waals surface area (Å²) in [5.74, 6) is -0.847. The number of carbonyl (C=O) groups excluding carboxylic acids is 1. The van der Waals surface area contributed by atoms with Gasteiger partial charge in [-0.25, -0.2) is 0 Å². The van der Waals surface area contributed by atoms with Gasteiger partial charge in [0, 0.05) is 12.6 Å². The Balaban J connectivity index is 1.49. The monoisotopic (exact) mass is 335 g/mol. The Morgan fingerprint density at radius 2 is 2.00 bits per heavy atom. The molecule has 1 amide bonds. The molecule has 0 radical (unpaired) electrons. The summed E-state index contributed by atoms with van der Waals surface area (Å²) in [6, 6.07) is -0.377. The van der Waals surface area contributed by atoms with Crippen molar-refractivity contribution in [2.24, 2.45) is 17.8 Å². The molecule has 132 valence electrons. The van der Waals surface area contributed by atoms with Crippen molar-refractivity contribution >= 4 is 5.91 Å². The standard InChI is InChI=1S/C16H24F3NO3/c17-16(18,19)15(21)20-13-9-10-7-11(8-10)12(13)4-6-23-14-3-1-2-5-22-14/h10-14H,1-9H2,(H,20,21)/t10?,11?,12-,13-,14?/m0/s1. The second kappa shape index (κ2) is 6.97. The van der Waals surface area contributed by atoms with Gasteiger partial charge in [-0.15, -0.1) is 0 Å². The zero-order valence-corrected chi connectivity index (χ0v) is 13.1. The van der Waals surface area contributed by atoms with Gasteiger partial charge in [-0.2, -0.15) is 13.2 Å². The third-order valence-corrected chi connectivity index (χ3v) is 5.45. The maximum absolute atomic E-state index is 12.5. The van der Waals surface area contributed by atoms with E-state index in [-0.39, 0.29) is 18.2 Å². The van der Waals surface area contributed by atoms with E-state index in [4.69, 9.17) is 9.47 Å². The number of halogens is 3. The Hall–Kier alpha value is -0.820. The molecule has 1 unspecified atom stereocenters. The molecule has 1 saturated heterocycles. The number of rotatable bonds is 5. The molecule has 3 atom stereocenters. The lowest BCUT2D eigenvalue weighted by atomic mass is 9.57. The highest BCUT2D eigenvalue weighted by Gasteiger charge is 2.48. The van der Waals surface area contributed by atoms with Crippen LogP contribution in [0.2, 0.25) is 0 Å². The Labute approximate surface area is 134 Å². The molecule has 0 aromatic carbocycles. The molecule has 4 rings (SSSR count). The highest BCUT2D eigenvalue weighted by molar-refractivity contribution is 5.82. The summed E-state index contributed by atoms with van der Waals surface area (Å²) >= 11 is 0. The minimum atomic E-state index is -4.81. The number of ether oxygens (including phenoxy) is 2. The smallest absolute Gasteiger partial charge is 0.353 e. The Morgan fingerprint density at radius 1 is 1.22 bits per heavy atom. The lowest BCUT2D eigenvalue weighted by molar-refractivity contribution is -0.177. The lowest BCUT2D eigenvalue weighted by Crippen LogP contribution is -2.55. The Bertz CT molecular complexity index is 417. The fraction of sp³-hybridized carbons (Fsp3) is 0.938. The van der Waals surface area contributed by atoms with Crippen LogP contribution in [-0.2, 0) is 14.3 Å². The van der Waals surface area contributed by atoms with E-state index in [1.165, 1.54) is 0 Å². The van der Waals surface area contributed by atoms with Gasteiger partial charge in [0.15, 0.2) is 6.29 Å². The molecule has 3 aliphatic carbocycles. The van der Waals surface area contributed by atoms with Crippen molar-refractivity contribution in [1.29, 1.82) is 0 Å². The van der Waals surface area contributed by atoms with Crippen LogP contribution in [0.15, 0.2) is 0 Å². The molecule has 1 heterocycles. The van der Waals surface area contributed by atoms with Crippen LogP contribution in [0.3, 0.4) is 0 Å². The van der Waals surface area contributed by atoms with Gasteiger partial charge in [0.25, 0.3) is 0 Å². The number of nitrogens with one attached hydrogen (secondary N) is 1. The van der Waals surface area contributed by atoms with Gasteiger partial charge in [0.05, 0.1) is 6.61 Å². The minimum absolute atomic E-state index is 0.0786. The van der Waals surface area contributed by atoms with E-state index < -0.39 is 12.1 Å². The number of amides is 1. The van der Waals surface area contributed by atoms with Gasteiger partial charge in [0.2, 0.25) is 0 Å². The van der Waals surface area contributed by atoms with Crippen LogP contribution in [0.25, 0.3) is 0 Å². The number of carbonyl (C=O) groups is 1. The molecule has 4 fully saturated rings. The van der Waals surface area contributed by atoms with Crippen molar-refractivity contribution < 1.29 is 27.4 Å². The van der Waals surface area contributed by atoms with Crippen LogP contribution < -0.4 is 5.32 Å². The molecule has 1 aliphatic heterocycles. The first-order valence-electron chi connectivity index (χ1n) is 8.54. The summed E-state index contributed by atoms with van der Waals surface area (Å²) in [7, 11) is 0. The maximum Gasteiger partial charge on any atom is 0.471 e. The fourth-order valence-electron chi connectivity index (χ4n) is 4.22. The molecule has 0 aromatic rings. The molecule has 1 N–H and O–H groups in total. The molecule has 4 nitrogen and oxygen atoms in total. The predicted molar refractivity (Wildman–Crippen MR) is 76.5 cm³/mol. The first-order valence-corrected chi connectivity index (χ1v) is 8.54. The topological polar surface area (TPSA) is 47.6 Å². The zero-order chi connectivity index (χ0) is 16.4. The maximum atomic E-state index is 12.5. The van der Waals surface area contributed by atoms with Crippen molar-refractivity contribution in [1.82, 2.24) is 5.32 Å². The first kappa shape index (κ1) is 17.0. The van der Waals surface area contributed by atoms with Crippen molar-refractivity contribution in [3.05, 3.63) is 0 Å². The van der Waals surface area contributed by atoms with Crippen LogP contribution in [0.1, 0.15) is 44.9 Å². The van der Waals surface area contributed by atoms with Gasteiger partial charge >= 0.3 is 12.1 Å². The van der Waals surface area contributed by atoms with Crippen LogP contribution >= 0.6 is 0 Å². The van der Waals surface area contributed by atoms with Crippen molar-refractivity contribution in [2.75, 3.05) is 13.2 Å². The zero-order valence-electron chi connectivity index (χ0n) is 13.1. The molecule has 0 aromatic heterocycles. The second-order valence-corrected chi connectivity index (χ2v) is 7.03. The van der Waals surface area contributed by atoms with Gasteiger partial charge in [-0.1, -0.05) is 0 Å². The number of alkyl halides is 3. The molecule has 23 heavy (non-hydrogen) atoms. The molecular formula is C16H24F3NO3. The van der Waals surface area contributed by atoms with Gasteiger partial charge in [-0.05, 0) is 62.7 Å². The Morgan fingerprint density at radius 3 is 2.65 bits per heavy atom. The van der Waals surface area contributed by atoms with Crippen LogP contribution in [0.4, 0.5) is 13.2 Å². The number of hydrogen-bond donors (Lipinski definition) is 1. The summed E-state index contributed by atoms with van der Waals surface area (Å²) in [5, 5.41) is 2.21. The highest BCUT2D eigenvalue weighted by atomic mass is 19.4.